The van der Waals surface area contributed by atoms with Gasteiger partial charge in [0.1, 0.15) is 12.4 Å². The molecule has 1 atom stereocenters. The average Bonchev–Trinajstić information content (AvgIpc) is 3.29. The van der Waals surface area contributed by atoms with Crippen molar-refractivity contribution in [3.05, 3.63) is 71.6 Å². The second-order valence-corrected chi connectivity index (χ2v) is 6.16. The summed E-state index contributed by atoms with van der Waals surface area (Å²) in [4.78, 5) is 4.34. The Kier molecular flexibility index (Phi) is 3.03. The van der Waals surface area contributed by atoms with Crippen LogP contribution >= 0.6 is 0 Å². The van der Waals surface area contributed by atoms with Crippen LogP contribution in [0.2, 0.25) is 0 Å². The monoisotopic (exact) mass is 332 g/mol. The third-order valence-electron chi connectivity index (χ3n) is 4.51. The highest BCUT2D eigenvalue weighted by atomic mass is 16.7. The number of nitrogens with one attached hydrogen (secondary N) is 1. The van der Waals surface area contributed by atoms with E-state index >= 15 is 0 Å². The number of hydrogen-bond acceptors (Lipinski definition) is 5. The summed E-state index contributed by atoms with van der Waals surface area (Å²) in [5.41, 5.74) is 4.40. The lowest BCUT2D eigenvalue weighted by molar-refractivity contribution is 0.174. The summed E-state index contributed by atoms with van der Waals surface area (Å²) in [6.45, 7) is 2.35. The zero-order valence-corrected chi connectivity index (χ0v) is 13.6. The predicted octanol–water partition coefficient (Wildman–Crippen LogP) is 3.37. The minimum Gasteiger partial charge on any atom is -0.454 e. The van der Waals surface area contributed by atoms with Gasteiger partial charge in [0.15, 0.2) is 11.5 Å². The van der Waals surface area contributed by atoms with Gasteiger partial charge in [-0.05, 0) is 36.8 Å². The van der Waals surface area contributed by atoms with E-state index in [1.807, 2.05) is 22.9 Å². The summed E-state index contributed by atoms with van der Waals surface area (Å²) in [5, 5.41) is 7.73. The molecule has 3 aromatic rings. The molecule has 25 heavy (non-hydrogen) atoms. The van der Waals surface area contributed by atoms with Crippen LogP contribution in [0.4, 0.5) is 5.95 Å². The van der Waals surface area contributed by atoms with Crippen molar-refractivity contribution >= 4 is 11.6 Å². The summed E-state index contributed by atoms with van der Waals surface area (Å²) >= 11 is 0. The highest BCUT2D eigenvalue weighted by Gasteiger charge is 2.24. The second kappa shape index (κ2) is 5.37. The van der Waals surface area contributed by atoms with Gasteiger partial charge in [0.2, 0.25) is 12.7 Å². The largest absolute Gasteiger partial charge is 0.454 e. The van der Waals surface area contributed by atoms with E-state index in [0.717, 1.165) is 34.3 Å². The number of anilines is 1. The van der Waals surface area contributed by atoms with Crippen molar-refractivity contribution in [2.24, 2.45) is 0 Å². The van der Waals surface area contributed by atoms with Crippen LogP contribution in [0.5, 0.6) is 11.5 Å². The van der Waals surface area contributed by atoms with Crippen molar-refractivity contribution in [3.63, 3.8) is 0 Å². The summed E-state index contributed by atoms with van der Waals surface area (Å²) in [6.07, 6.45) is 3.73. The number of aromatic nitrogens is 3. The van der Waals surface area contributed by atoms with Gasteiger partial charge in [-0.1, -0.05) is 29.8 Å². The Morgan fingerprint density at radius 2 is 1.92 bits per heavy atom. The second-order valence-electron chi connectivity index (χ2n) is 6.16. The van der Waals surface area contributed by atoms with Crippen molar-refractivity contribution in [1.29, 1.82) is 0 Å². The van der Waals surface area contributed by atoms with Crippen LogP contribution < -0.4 is 14.8 Å². The number of aryl methyl sites for hydroxylation is 1. The highest BCUT2D eigenvalue weighted by molar-refractivity contribution is 5.78. The fourth-order valence-corrected chi connectivity index (χ4v) is 3.17. The molecule has 0 radical (unpaired) electrons. The highest BCUT2D eigenvalue weighted by Crippen LogP contribution is 2.37. The maximum Gasteiger partial charge on any atom is 0.231 e. The molecule has 6 nitrogen and oxygen atoms in total. The number of fused-ring (bicyclic) bond motifs is 2. The fourth-order valence-electron chi connectivity index (χ4n) is 3.17. The number of allylic oxidation sites excluding steroid dienone is 1. The van der Waals surface area contributed by atoms with Crippen molar-refractivity contribution in [1.82, 2.24) is 14.8 Å². The van der Waals surface area contributed by atoms with Gasteiger partial charge in [-0.3, -0.25) is 0 Å². The number of rotatable bonds is 2. The van der Waals surface area contributed by atoms with Gasteiger partial charge in [-0.15, -0.1) is 0 Å². The SMILES string of the molecule is Cc1ccc([C@@H]2C=C(c3ccc4c(c3)OCO4)Nc3ncnn32)cc1. The normalized spacial score (nSPS) is 17.6. The van der Waals surface area contributed by atoms with Gasteiger partial charge < -0.3 is 14.8 Å². The van der Waals surface area contributed by atoms with Gasteiger partial charge in [0.05, 0.1) is 0 Å². The number of ether oxygens (including phenoxy) is 2. The zero-order chi connectivity index (χ0) is 16.8. The van der Waals surface area contributed by atoms with Crippen LogP contribution in [0, 0.1) is 6.92 Å². The van der Waals surface area contributed by atoms with Crippen LogP contribution in [0.25, 0.3) is 5.70 Å². The molecule has 0 aliphatic carbocycles. The Hall–Kier alpha value is -3.28. The summed E-state index contributed by atoms with van der Waals surface area (Å²) < 4.78 is 12.8. The fraction of sp³-hybridized carbons (Fsp3) is 0.158. The lowest BCUT2D eigenvalue weighted by atomic mass is 10.0. The van der Waals surface area contributed by atoms with Gasteiger partial charge >= 0.3 is 0 Å². The number of hydrogen-bond donors (Lipinski definition) is 1. The molecule has 124 valence electrons. The van der Waals surface area contributed by atoms with E-state index in [1.165, 1.54) is 5.56 Å². The van der Waals surface area contributed by atoms with Gasteiger partial charge in [-0.2, -0.15) is 10.1 Å². The topological polar surface area (TPSA) is 61.2 Å². The standard InChI is InChI=1S/C19H16N4O2/c1-12-2-4-13(5-3-12)16-9-15(22-19-20-10-21-23(16)19)14-6-7-17-18(8-14)25-11-24-17/h2-10,16H,11H2,1H3,(H,20,21,22)/t16-/m0/s1. The lowest BCUT2D eigenvalue weighted by Crippen LogP contribution is -2.20. The molecule has 0 saturated carbocycles. The van der Waals surface area contributed by atoms with E-state index in [9.17, 15) is 0 Å². The third kappa shape index (κ3) is 2.34. The molecule has 2 aliphatic rings. The van der Waals surface area contributed by atoms with Crippen LogP contribution in [0.15, 0.2) is 54.9 Å². The van der Waals surface area contributed by atoms with E-state index in [-0.39, 0.29) is 12.8 Å². The minimum atomic E-state index is -0.0141. The first-order chi connectivity index (χ1) is 12.3. The molecule has 6 heteroatoms. The quantitative estimate of drug-likeness (QED) is 0.779. The predicted molar refractivity (Wildman–Crippen MR) is 93.5 cm³/mol. The van der Waals surface area contributed by atoms with Gasteiger partial charge in [0.25, 0.3) is 0 Å². The lowest BCUT2D eigenvalue weighted by Gasteiger charge is -2.24. The molecule has 1 N–H and O–H groups in total. The van der Waals surface area contributed by atoms with Crippen molar-refractivity contribution < 1.29 is 9.47 Å². The molecular weight excluding hydrogens is 316 g/mol. The van der Waals surface area contributed by atoms with Crippen LogP contribution in [0.3, 0.4) is 0 Å². The summed E-state index contributed by atoms with van der Waals surface area (Å²) in [7, 11) is 0. The molecule has 5 rings (SSSR count). The Labute approximate surface area is 144 Å². The van der Waals surface area contributed by atoms with E-state index in [4.69, 9.17) is 9.47 Å². The summed E-state index contributed by atoms with van der Waals surface area (Å²) in [5.74, 6) is 2.26. The molecule has 2 aromatic carbocycles. The van der Waals surface area contributed by atoms with E-state index in [1.54, 1.807) is 6.33 Å². The van der Waals surface area contributed by atoms with Crippen LogP contribution in [-0.4, -0.2) is 21.6 Å². The first-order valence-corrected chi connectivity index (χ1v) is 8.13. The summed E-state index contributed by atoms with van der Waals surface area (Å²) in [6, 6.07) is 14.4. The first kappa shape index (κ1) is 14.1. The maximum absolute atomic E-state index is 5.50. The van der Waals surface area contributed by atoms with Crippen molar-refractivity contribution in [2.45, 2.75) is 13.0 Å². The van der Waals surface area contributed by atoms with Crippen LogP contribution in [0.1, 0.15) is 22.7 Å². The smallest absolute Gasteiger partial charge is 0.231 e. The van der Waals surface area contributed by atoms with Gasteiger partial charge in [0, 0.05) is 11.3 Å². The molecule has 0 fully saturated rings. The molecule has 0 bridgehead atoms. The molecule has 0 spiro atoms. The Morgan fingerprint density at radius 3 is 2.80 bits per heavy atom. The number of nitrogens with zero attached hydrogens (tertiary/aromatic N) is 3. The zero-order valence-electron chi connectivity index (χ0n) is 13.6. The molecule has 2 aliphatic heterocycles. The molecule has 0 amide bonds. The Balaban J connectivity index is 1.59. The first-order valence-electron chi connectivity index (χ1n) is 8.13. The average molecular weight is 332 g/mol. The Morgan fingerprint density at radius 1 is 1.08 bits per heavy atom. The molecule has 1 aromatic heterocycles. The van der Waals surface area contributed by atoms with Crippen molar-refractivity contribution in [2.75, 3.05) is 12.1 Å². The molecular formula is C19H16N4O2. The molecule has 3 heterocycles. The van der Waals surface area contributed by atoms with E-state index < -0.39 is 0 Å². The minimum absolute atomic E-state index is 0.0141. The van der Waals surface area contributed by atoms with Gasteiger partial charge in [-0.25, -0.2) is 4.68 Å². The maximum atomic E-state index is 5.50. The molecule has 0 unspecified atom stereocenters. The third-order valence-corrected chi connectivity index (χ3v) is 4.51. The molecule has 0 saturated heterocycles. The number of benzene rings is 2. The van der Waals surface area contributed by atoms with E-state index in [0.29, 0.717) is 0 Å². The van der Waals surface area contributed by atoms with E-state index in [2.05, 4.69) is 52.7 Å². The Bertz CT molecular complexity index is 975. The van der Waals surface area contributed by atoms with Crippen LogP contribution in [-0.2, 0) is 0 Å². The van der Waals surface area contributed by atoms with Crippen molar-refractivity contribution in [3.8, 4) is 11.5 Å².